The third kappa shape index (κ3) is 22.3. The first-order valence-corrected chi connectivity index (χ1v) is 15.3. The molecule has 0 rings (SSSR count). The van der Waals surface area contributed by atoms with Gasteiger partial charge < -0.3 is 20.6 Å². The first-order valence-electron chi connectivity index (χ1n) is 15.3. The fraction of sp³-hybridized carbons (Fsp3) is 0.967. The van der Waals surface area contributed by atoms with Gasteiger partial charge >= 0.3 is 0 Å². The summed E-state index contributed by atoms with van der Waals surface area (Å²) in [5.41, 5.74) is 0. The van der Waals surface area contributed by atoms with Gasteiger partial charge in [-0.05, 0) is 12.8 Å². The molecule has 0 aromatic rings. The molecule has 0 saturated heterocycles. The van der Waals surface area contributed by atoms with Crippen LogP contribution < -0.4 is 5.32 Å². The molecule has 0 aliphatic heterocycles. The number of carbonyl (C=O) groups excluding carboxylic acids is 1. The number of aliphatic hydroxyl groups excluding tert-OH is 3. The lowest BCUT2D eigenvalue weighted by atomic mass is 9.99. The van der Waals surface area contributed by atoms with Gasteiger partial charge in [-0.2, -0.15) is 0 Å². The molecule has 0 bridgehead atoms. The molecule has 5 nitrogen and oxygen atoms in total. The zero-order chi connectivity index (χ0) is 26.0. The van der Waals surface area contributed by atoms with E-state index in [1.54, 1.807) is 0 Å². The molecule has 0 fully saturated rings. The van der Waals surface area contributed by atoms with Gasteiger partial charge in [-0.1, -0.05) is 142 Å². The highest BCUT2D eigenvalue weighted by molar-refractivity contribution is 5.76. The third-order valence-corrected chi connectivity index (χ3v) is 7.21. The summed E-state index contributed by atoms with van der Waals surface area (Å²) >= 11 is 0. The van der Waals surface area contributed by atoms with Crippen LogP contribution in [0.5, 0.6) is 0 Å². The van der Waals surface area contributed by atoms with Crippen LogP contribution in [-0.4, -0.2) is 46.1 Å². The fourth-order valence-electron chi connectivity index (χ4n) is 4.75. The highest BCUT2D eigenvalue weighted by Gasteiger charge is 2.26. The molecule has 0 radical (unpaired) electrons. The van der Waals surface area contributed by atoms with Crippen LogP contribution in [0.1, 0.15) is 162 Å². The molecule has 3 atom stereocenters. The number of nitrogens with one attached hydrogen (secondary N) is 1. The van der Waals surface area contributed by atoms with Crippen LogP contribution in [-0.2, 0) is 4.79 Å². The maximum Gasteiger partial charge on any atom is 0.220 e. The molecule has 4 N–H and O–H groups in total. The normalized spacial score (nSPS) is 14.1. The predicted molar refractivity (Wildman–Crippen MR) is 149 cm³/mol. The lowest BCUT2D eigenvalue weighted by Gasteiger charge is -2.26. The summed E-state index contributed by atoms with van der Waals surface area (Å²) in [6.45, 7) is 4.12. The molecule has 0 saturated carbocycles. The van der Waals surface area contributed by atoms with Gasteiger partial charge in [0.2, 0.25) is 5.91 Å². The highest BCUT2D eigenvalue weighted by atomic mass is 16.3. The van der Waals surface area contributed by atoms with Gasteiger partial charge in [-0.25, -0.2) is 0 Å². The zero-order valence-electron chi connectivity index (χ0n) is 23.5. The molecule has 0 aromatic heterocycles. The Morgan fingerprint density at radius 2 is 0.971 bits per heavy atom. The van der Waals surface area contributed by atoms with Gasteiger partial charge in [0.05, 0.1) is 18.8 Å². The van der Waals surface area contributed by atoms with Crippen LogP contribution in [0.25, 0.3) is 0 Å². The molecule has 35 heavy (non-hydrogen) atoms. The van der Waals surface area contributed by atoms with E-state index < -0.39 is 18.2 Å². The van der Waals surface area contributed by atoms with Crippen molar-refractivity contribution in [1.29, 1.82) is 0 Å². The van der Waals surface area contributed by atoms with Gasteiger partial charge in [0.25, 0.3) is 0 Å². The monoisotopic (exact) mass is 499 g/mol. The lowest BCUT2D eigenvalue weighted by Crippen LogP contribution is -2.50. The minimum absolute atomic E-state index is 0.149. The molecule has 0 spiro atoms. The van der Waals surface area contributed by atoms with Crippen molar-refractivity contribution in [3.63, 3.8) is 0 Å². The van der Waals surface area contributed by atoms with Crippen molar-refractivity contribution in [2.45, 2.75) is 180 Å². The minimum atomic E-state index is -1.13. The van der Waals surface area contributed by atoms with Crippen molar-refractivity contribution in [1.82, 2.24) is 5.32 Å². The number of aliphatic hydroxyl groups is 3. The standard InChI is InChI=1S/C30H61NO4/c1-3-5-7-9-11-13-14-15-17-18-20-22-24-28(33)30(35)27(26-32)31-29(34)25-23-21-19-16-12-10-8-6-4-2/h27-28,30,32-33,35H,3-26H2,1-2H3,(H,31,34)/t27-,28+,30-/m0/s1. The summed E-state index contributed by atoms with van der Waals surface area (Å²) in [6, 6.07) is -0.798. The van der Waals surface area contributed by atoms with Crippen LogP contribution in [0.15, 0.2) is 0 Å². The van der Waals surface area contributed by atoms with Crippen molar-refractivity contribution in [3.05, 3.63) is 0 Å². The summed E-state index contributed by atoms with van der Waals surface area (Å²) in [5.74, 6) is -0.149. The Hall–Kier alpha value is -0.650. The van der Waals surface area contributed by atoms with Gasteiger partial charge in [0.15, 0.2) is 0 Å². The number of hydrogen-bond acceptors (Lipinski definition) is 4. The number of unbranched alkanes of at least 4 members (excludes halogenated alkanes) is 19. The second-order valence-corrected chi connectivity index (χ2v) is 10.7. The molecule has 0 aliphatic carbocycles. The SMILES string of the molecule is CCCCCCCCCCCCCC[C@@H](O)[C@@H](O)[C@H](CO)NC(=O)CCCCCCCCCCC. The molecule has 0 aliphatic rings. The Labute approximate surface area is 217 Å². The Kier molecular flexibility index (Phi) is 25.9. The second kappa shape index (κ2) is 26.4. The summed E-state index contributed by atoms with van der Waals surface area (Å²) in [6.07, 6.45) is 24.7. The van der Waals surface area contributed by atoms with E-state index in [-0.39, 0.29) is 12.5 Å². The first-order chi connectivity index (χ1) is 17.1. The molecular weight excluding hydrogens is 438 g/mol. The van der Waals surface area contributed by atoms with E-state index in [4.69, 9.17) is 0 Å². The summed E-state index contributed by atoms with van der Waals surface area (Å²) in [4.78, 5) is 12.2. The first kappa shape index (κ1) is 34.4. The molecule has 0 aromatic carbocycles. The van der Waals surface area contributed by atoms with Crippen molar-refractivity contribution in [2.75, 3.05) is 6.61 Å². The second-order valence-electron chi connectivity index (χ2n) is 10.7. The fourth-order valence-corrected chi connectivity index (χ4v) is 4.75. The van der Waals surface area contributed by atoms with Crippen molar-refractivity contribution < 1.29 is 20.1 Å². The Morgan fingerprint density at radius 1 is 0.600 bits per heavy atom. The van der Waals surface area contributed by atoms with E-state index in [1.165, 1.54) is 96.3 Å². The Balaban J connectivity index is 3.75. The van der Waals surface area contributed by atoms with E-state index in [9.17, 15) is 20.1 Å². The van der Waals surface area contributed by atoms with Crippen LogP contribution in [0, 0.1) is 0 Å². The van der Waals surface area contributed by atoms with Gasteiger partial charge in [0.1, 0.15) is 6.10 Å². The molecular formula is C30H61NO4. The van der Waals surface area contributed by atoms with Gasteiger partial charge in [0, 0.05) is 6.42 Å². The number of carbonyl (C=O) groups is 1. The van der Waals surface area contributed by atoms with Crippen LogP contribution in [0.2, 0.25) is 0 Å². The smallest absolute Gasteiger partial charge is 0.220 e. The van der Waals surface area contributed by atoms with Crippen LogP contribution in [0.4, 0.5) is 0 Å². The largest absolute Gasteiger partial charge is 0.394 e. The molecule has 0 unspecified atom stereocenters. The summed E-state index contributed by atoms with van der Waals surface area (Å²) < 4.78 is 0. The molecule has 5 heteroatoms. The Morgan fingerprint density at radius 3 is 1.37 bits per heavy atom. The quantitative estimate of drug-likeness (QED) is 0.0900. The van der Waals surface area contributed by atoms with Crippen molar-refractivity contribution >= 4 is 5.91 Å². The van der Waals surface area contributed by atoms with Crippen LogP contribution >= 0.6 is 0 Å². The average molecular weight is 500 g/mol. The maximum absolute atomic E-state index is 12.2. The van der Waals surface area contributed by atoms with E-state index >= 15 is 0 Å². The topological polar surface area (TPSA) is 89.8 Å². The van der Waals surface area contributed by atoms with Gasteiger partial charge in [-0.3, -0.25) is 4.79 Å². The third-order valence-electron chi connectivity index (χ3n) is 7.21. The summed E-state index contributed by atoms with van der Waals surface area (Å²) in [5, 5.41) is 33.1. The maximum atomic E-state index is 12.2. The predicted octanol–water partition coefficient (Wildman–Crippen LogP) is 7.20. The zero-order valence-corrected chi connectivity index (χ0v) is 23.5. The number of hydrogen-bond donors (Lipinski definition) is 4. The highest BCUT2D eigenvalue weighted by Crippen LogP contribution is 2.15. The number of amides is 1. The molecule has 0 heterocycles. The van der Waals surface area contributed by atoms with E-state index in [2.05, 4.69) is 19.2 Å². The van der Waals surface area contributed by atoms with E-state index in [0.717, 1.165) is 38.5 Å². The molecule has 1 amide bonds. The van der Waals surface area contributed by atoms with Crippen molar-refractivity contribution in [2.24, 2.45) is 0 Å². The van der Waals surface area contributed by atoms with E-state index in [0.29, 0.717) is 12.8 Å². The minimum Gasteiger partial charge on any atom is -0.394 e. The van der Waals surface area contributed by atoms with Gasteiger partial charge in [-0.15, -0.1) is 0 Å². The Bertz CT molecular complexity index is 446. The average Bonchev–Trinajstić information content (AvgIpc) is 2.86. The van der Waals surface area contributed by atoms with Crippen LogP contribution in [0.3, 0.4) is 0 Å². The molecule has 210 valence electrons. The lowest BCUT2D eigenvalue weighted by molar-refractivity contribution is -0.124. The van der Waals surface area contributed by atoms with E-state index in [1.807, 2.05) is 0 Å². The van der Waals surface area contributed by atoms with Crippen molar-refractivity contribution in [3.8, 4) is 0 Å². The summed E-state index contributed by atoms with van der Waals surface area (Å²) in [7, 11) is 0. The number of rotatable bonds is 27.